The molecule has 1 aromatic heterocycles. The predicted molar refractivity (Wildman–Crippen MR) is 92.3 cm³/mol. The number of aromatic nitrogens is 1. The van der Waals surface area contributed by atoms with Gasteiger partial charge in [0.2, 0.25) is 0 Å². The summed E-state index contributed by atoms with van der Waals surface area (Å²) in [6.07, 6.45) is 0.679. The Morgan fingerprint density at radius 3 is 2.79 bits per heavy atom. The number of carbonyl (C=O) groups excluding carboxylic acids is 1. The van der Waals surface area contributed by atoms with Gasteiger partial charge in [0.15, 0.2) is 0 Å². The van der Waals surface area contributed by atoms with Crippen molar-refractivity contribution < 1.29 is 13.9 Å². The lowest BCUT2D eigenvalue weighted by Gasteiger charge is -2.09. The molecule has 1 amide bonds. The number of rotatable bonds is 5. The van der Waals surface area contributed by atoms with E-state index in [2.05, 4.69) is 10.3 Å². The smallest absolute Gasteiger partial charge is 0.275 e. The number of benzene rings is 2. The van der Waals surface area contributed by atoms with Gasteiger partial charge in [-0.25, -0.2) is 9.37 Å². The second kappa shape index (κ2) is 7.23. The number of methoxy groups -OCH3 is 1. The van der Waals surface area contributed by atoms with Gasteiger partial charge in [-0.05, 0) is 17.7 Å². The van der Waals surface area contributed by atoms with Gasteiger partial charge in [0.05, 0.1) is 17.8 Å². The quantitative estimate of drug-likeness (QED) is 0.758. The molecule has 0 unspecified atom stereocenters. The fraction of sp³-hybridized carbons (Fsp3) is 0.111. The maximum Gasteiger partial charge on any atom is 0.275 e. The Morgan fingerprint density at radius 1 is 1.25 bits per heavy atom. The Balaban J connectivity index is 1.72. The van der Waals surface area contributed by atoms with Crippen molar-refractivity contribution in [1.29, 1.82) is 0 Å². The van der Waals surface area contributed by atoms with E-state index in [-0.39, 0.29) is 11.7 Å². The molecule has 0 aliphatic carbocycles. The van der Waals surface area contributed by atoms with Crippen LogP contribution < -0.4 is 10.1 Å². The summed E-state index contributed by atoms with van der Waals surface area (Å²) in [4.78, 5) is 16.7. The SMILES string of the molecule is COc1cc(F)ccc1NC(=O)c1csc(Cc2ccccc2)n1. The third-order valence-electron chi connectivity index (χ3n) is 3.39. The fourth-order valence-corrected chi connectivity index (χ4v) is 3.03. The third-order valence-corrected chi connectivity index (χ3v) is 4.24. The molecule has 122 valence electrons. The van der Waals surface area contributed by atoms with Crippen LogP contribution in [0.25, 0.3) is 0 Å². The molecule has 1 N–H and O–H groups in total. The van der Waals surface area contributed by atoms with Gasteiger partial charge in [-0.15, -0.1) is 11.3 Å². The van der Waals surface area contributed by atoms with Gasteiger partial charge in [-0.1, -0.05) is 30.3 Å². The average molecular weight is 342 g/mol. The maximum atomic E-state index is 13.2. The van der Waals surface area contributed by atoms with E-state index in [1.165, 1.54) is 36.6 Å². The van der Waals surface area contributed by atoms with E-state index in [1.54, 1.807) is 5.38 Å². The molecule has 0 radical (unpaired) electrons. The molecule has 0 aliphatic heterocycles. The van der Waals surface area contributed by atoms with Gasteiger partial charge < -0.3 is 10.1 Å². The Kier molecular flexibility index (Phi) is 4.86. The summed E-state index contributed by atoms with van der Waals surface area (Å²) >= 11 is 1.43. The Bertz CT molecular complexity index is 849. The number of ether oxygens (including phenoxy) is 1. The normalized spacial score (nSPS) is 10.4. The van der Waals surface area contributed by atoms with Crippen molar-refractivity contribution in [2.24, 2.45) is 0 Å². The zero-order valence-electron chi connectivity index (χ0n) is 13.0. The summed E-state index contributed by atoms with van der Waals surface area (Å²) in [5.41, 5.74) is 1.87. The van der Waals surface area contributed by atoms with Gasteiger partial charge >= 0.3 is 0 Å². The number of hydrogen-bond acceptors (Lipinski definition) is 4. The van der Waals surface area contributed by atoms with Gasteiger partial charge in [0, 0.05) is 17.9 Å². The summed E-state index contributed by atoms with van der Waals surface area (Å²) in [5.74, 6) is -0.512. The van der Waals surface area contributed by atoms with Crippen molar-refractivity contribution in [3.8, 4) is 5.75 Å². The minimum Gasteiger partial charge on any atom is -0.494 e. The highest BCUT2D eigenvalue weighted by molar-refractivity contribution is 7.09. The van der Waals surface area contributed by atoms with E-state index in [1.807, 2.05) is 30.3 Å². The van der Waals surface area contributed by atoms with Crippen molar-refractivity contribution in [2.45, 2.75) is 6.42 Å². The second-order valence-corrected chi connectivity index (χ2v) is 6.03. The first-order valence-corrected chi connectivity index (χ1v) is 8.17. The molecule has 0 bridgehead atoms. The van der Waals surface area contributed by atoms with Gasteiger partial charge in [-0.2, -0.15) is 0 Å². The lowest BCUT2D eigenvalue weighted by Crippen LogP contribution is -2.13. The molecule has 4 nitrogen and oxygen atoms in total. The number of nitrogens with zero attached hydrogens (tertiary/aromatic N) is 1. The summed E-state index contributed by atoms with van der Waals surface area (Å²) in [6, 6.07) is 13.9. The van der Waals surface area contributed by atoms with Crippen LogP contribution in [0.5, 0.6) is 5.75 Å². The van der Waals surface area contributed by atoms with Crippen LogP contribution in [-0.4, -0.2) is 18.0 Å². The Labute approximate surface area is 142 Å². The predicted octanol–water partition coefficient (Wildman–Crippen LogP) is 4.13. The van der Waals surface area contributed by atoms with Crippen molar-refractivity contribution in [1.82, 2.24) is 4.98 Å². The largest absolute Gasteiger partial charge is 0.494 e. The molecule has 6 heteroatoms. The summed E-state index contributed by atoms with van der Waals surface area (Å²) in [6.45, 7) is 0. The van der Waals surface area contributed by atoms with E-state index in [0.717, 1.165) is 10.6 Å². The molecule has 3 aromatic rings. The van der Waals surface area contributed by atoms with Crippen molar-refractivity contribution in [3.05, 3.63) is 76.0 Å². The van der Waals surface area contributed by atoms with Crippen LogP contribution in [0.4, 0.5) is 10.1 Å². The van der Waals surface area contributed by atoms with E-state index in [4.69, 9.17) is 4.74 Å². The molecule has 1 heterocycles. The van der Waals surface area contributed by atoms with Crippen LogP contribution >= 0.6 is 11.3 Å². The van der Waals surface area contributed by atoms with Crippen molar-refractivity contribution in [2.75, 3.05) is 12.4 Å². The van der Waals surface area contributed by atoms with Gasteiger partial charge in [-0.3, -0.25) is 4.79 Å². The molecule has 0 spiro atoms. The van der Waals surface area contributed by atoms with Crippen LogP contribution in [0.1, 0.15) is 21.1 Å². The maximum absolute atomic E-state index is 13.2. The number of halogens is 1. The van der Waals surface area contributed by atoms with E-state index in [9.17, 15) is 9.18 Å². The molecule has 0 fully saturated rings. The number of nitrogens with one attached hydrogen (secondary N) is 1. The monoisotopic (exact) mass is 342 g/mol. The molecular weight excluding hydrogens is 327 g/mol. The third kappa shape index (κ3) is 3.78. The zero-order valence-corrected chi connectivity index (χ0v) is 13.8. The first kappa shape index (κ1) is 16.1. The molecule has 0 aliphatic rings. The molecule has 3 rings (SSSR count). The highest BCUT2D eigenvalue weighted by Gasteiger charge is 2.14. The van der Waals surface area contributed by atoms with E-state index in [0.29, 0.717) is 17.8 Å². The van der Waals surface area contributed by atoms with Crippen molar-refractivity contribution in [3.63, 3.8) is 0 Å². The summed E-state index contributed by atoms with van der Waals surface area (Å²) < 4.78 is 18.3. The number of carbonyl (C=O) groups is 1. The number of anilines is 1. The molecular formula is C18H15FN2O2S. The average Bonchev–Trinajstić information content (AvgIpc) is 3.06. The number of hydrogen-bond donors (Lipinski definition) is 1. The fourth-order valence-electron chi connectivity index (χ4n) is 2.22. The topological polar surface area (TPSA) is 51.2 Å². The highest BCUT2D eigenvalue weighted by Crippen LogP contribution is 2.25. The minimum atomic E-state index is -0.427. The first-order chi connectivity index (χ1) is 11.7. The molecule has 0 atom stereocenters. The first-order valence-electron chi connectivity index (χ1n) is 7.29. The van der Waals surface area contributed by atoms with Crippen molar-refractivity contribution >= 4 is 22.9 Å². The van der Waals surface area contributed by atoms with E-state index >= 15 is 0 Å². The number of thiazole rings is 1. The molecule has 24 heavy (non-hydrogen) atoms. The van der Waals surface area contributed by atoms with E-state index < -0.39 is 5.82 Å². The molecule has 0 saturated carbocycles. The van der Waals surface area contributed by atoms with Crippen LogP contribution in [-0.2, 0) is 6.42 Å². The summed E-state index contributed by atoms with van der Waals surface area (Å²) in [7, 11) is 1.42. The zero-order chi connectivity index (χ0) is 16.9. The standard InChI is InChI=1S/C18H15FN2O2S/c1-23-16-10-13(19)7-8-14(16)21-18(22)15-11-24-17(20-15)9-12-5-3-2-4-6-12/h2-8,10-11H,9H2,1H3,(H,21,22). The van der Waals surface area contributed by atoms with Crippen LogP contribution in [0.3, 0.4) is 0 Å². The Hall–Kier alpha value is -2.73. The Morgan fingerprint density at radius 2 is 2.04 bits per heavy atom. The summed E-state index contributed by atoms with van der Waals surface area (Å²) in [5, 5.41) is 5.27. The highest BCUT2D eigenvalue weighted by atomic mass is 32.1. The van der Waals surface area contributed by atoms with Crippen LogP contribution in [0, 0.1) is 5.82 Å². The minimum absolute atomic E-state index is 0.267. The van der Waals surface area contributed by atoms with Crippen LogP contribution in [0.2, 0.25) is 0 Å². The number of amides is 1. The second-order valence-electron chi connectivity index (χ2n) is 5.09. The lowest BCUT2D eigenvalue weighted by molar-refractivity contribution is 0.102. The van der Waals surface area contributed by atoms with Crippen LogP contribution in [0.15, 0.2) is 53.9 Å². The van der Waals surface area contributed by atoms with Gasteiger partial charge in [0.25, 0.3) is 5.91 Å². The molecule has 0 saturated heterocycles. The molecule has 2 aromatic carbocycles. The van der Waals surface area contributed by atoms with Gasteiger partial charge in [0.1, 0.15) is 17.3 Å². The lowest BCUT2D eigenvalue weighted by atomic mass is 10.2.